The van der Waals surface area contributed by atoms with E-state index in [1.165, 1.54) is 4.31 Å². The van der Waals surface area contributed by atoms with Crippen LogP contribution in [0.15, 0.2) is 53.4 Å². The zero-order valence-electron chi connectivity index (χ0n) is 20.5. The highest BCUT2D eigenvalue weighted by molar-refractivity contribution is 7.89. The minimum atomic E-state index is -3.71. The lowest BCUT2D eigenvalue weighted by atomic mass is 10.1. The lowest BCUT2D eigenvalue weighted by molar-refractivity contribution is 0.0989. The largest absolute Gasteiger partial charge is 0.338 e. The van der Waals surface area contributed by atoms with Gasteiger partial charge >= 0.3 is 0 Å². The molecule has 190 valence electrons. The molecule has 0 saturated carbocycles. The summed E-state index contributed by atoms with van der Waals surface area (Å²) >= 11 is 0. The standard InChI is InChI=1S/C26H27N7O3S/c1-18-13-22(17-28)30-26(29-18)31-9-11-32(12-10-31)37(35,36)23-5-6-24-20(15-23)7-8-33(24)25(34)21-4-2-3-19(14-21)16-27/h2-6,13-15H,7-12,16,27H2,1H3. The molecule has 2 N–H and O–H groups in total. The number of nitrogens with two attached hydrogens (primary N) is 1. The van der Waals surface area contributed by atoms with Crippen molar-refractivity contribution in [2.24, 2.45) is 5.73 Å². The van der Waals surface area contributed by atoms with Gasteiger partial charge in [0.05, 0.1) is 4.90 Å². The van der Waals surface area contributed by atoms with Crippen LogP contribution in [0.3, 0.4) is 0 Å². The number of anilines is 2. The highest BCUT2D eigenvalue weighted by Gasteiger charge is 2.32. The second kappa shape index (κ2) is 9.89. The minimum Gasteiger partial charge on any atom is -0.338 e. The molecule has 2 aliphatic heterocycles. The van der Waals surface area contributed by atoms with Gasteiger partial charge in [-0.3, -0.25) is 4.79 Å². The number of nitrogens with zero attached hydrogens (tertiary/aromatic N) is 6. The number of piperazine rings is 1. The third kappa shape index (κ3) is 4.79. The third-order valence-corrected chi connectivity index (χ3v) is 8.61. The number of nitriles is 1. The maximum atomic E-state index is 13.4. The number of benzene rings is 2. The van der Waals surface area contributed by atoms with Gasteiger partial charge in [0.2, 0.25) is 16.0 Å². The van der Waals surface area contributed by atoms with Crippen molar-refractivity contribution in [2.75, 3.05) is 42.5 Å². The number of carbonyl (C=O) groups excluding carboxylic acids is 1. The Kier molecular flexibility index (Phi) is 6.64. The zero-order chi connectivity index (χ0) is 26.2. The number of aromatic nitrogens is 2. The molecule has 2 aromatic carbocycles. The second-order valence-corrected chi connectivity index (χ2v) is 11.0. The highest BCUT2D eigenvalue weighted by Crippen LogP contribution is 2.32. The van der Waals surface area contributed by atoms with Crippen LogP contribution in [-0.2, 0) is 23.0 Å². The van der Waals surface area contributed by atoms with Crippen molar-refractivity contribution in [3.63, 3.8) is 0 Å². The number of aryl methyl sites for hydroxylation is 1. The summed E-state index contributed by atoms with van der Waals surface area (Å²) < 4.78 is 28.3. The van der Waals surface area contributed by atoms with Gasteiger partial charge in [-0.05, 0) is 60.9 Å². The molecule has 0 bridgehead atoms. The van der Waals surface area contributed by atoms with Crippen LogP contribution in [0, 0.1) is 18.3 Å². The average molecular weight is 518 g/mol. The fourth-order valence-corrected chi connectivity index (χ4v) is 6.24. The van der Waals surface area contributed by atoms with E-state index in [0.29, 0.717) is 49.8 Å². The number of rotatable bonds is 5. The molecular weight excluding hydrogens is 490 g/mol. The van der Waals surface area contributed by atoms with Crippen LogP contribution in [0.4, 0.5) is 11.6 Å². The van der Waals surface area contributed by atoms with Gasteiger partial charge in [-0.25, -0.2) is 18.4 Å². The van der Waals surface area contributed by atoms with E-state index in [0.717, 1.165) is 16.8 Å². The maximum absolute atomic E-state index is 13.4. The first kappa shape index (κ1) is 24.8. The summed E-state index contributed by atoms with van der Waals surface area (Å²) in [6.07, 6.45) is 0.584. The van der Waals surface area contributed by atoms with Crippen LogP contribution in [0.25, 0.3) is 0 Å². The van der Waals surface area contributed by atoms with E-state index in [2.05, 4.69) is 9.97 Å². The van der Waals surface area contributed by atoms with Gasteiger partial charge in [0.1, 0.15) is 11.8 Å². The number of carbonyl (C=O) groups is 1. The molecule has 11 heteroatoms. The number of fused-ring (bicyclic) bond motifs is 1. The lowest BCUT2D eigenvalue weighted by Crippen LogP contribution is -2.49. The first-order valence-corrected chi connectivity index (χ1v) is 13.5. The summed E-state index contributed by atoms with van der Waals surface area (Å²) in [5.74, 6) is 0.312. The summed E-state index contributed by atoms with van der Waals surface area (Å²) in [6, 6.07) is 15.9. The topological polar surface area (TPSA) is 137 Å². The molecule has 3 heterocycles. The minimum absolute atomic E-state index is 0.126. The Morgan fingerprint density at radius 3 is 2.57 bits per heavy atom. The fraction of sp³-hybridized carbons (Fsp3) is 0.308. The second-order valence-electron chi connectivity index (χ2n) is 9.10. The summed E-state index contributed by atoms with van der Waals surface area (Å²) in [6.45, 7) is 4.04. The summed E-state index contributed by atoms with van der Waals surface area (Å²) in [5.41, 5.74) is 9.70. The smallest absolute Gasteiger partial charge is 0.258 e. The van der Waals surface area contributed by atoms with Gasteiger partial charge in [-0.1, -0.05) is 12.1 Å². The molecule has 0 atom stereocenters. The van der Waals surface area contributed by atoms with Crippen molar-refractivity contribution in [2.45, 2.75) is 24.8 Å². The van der Waals surface area contributed by atoms with Gasteiger partial charge in [0.25, 0.3) is 5.91 Å². The number of hydrogen-bond donors (Lipinski definition) is 1. The van der Waals surface area contributed by atoms with Crippen molar-refractivity contribution in [1.82, 2.24) is 14.3 Å². The Bertz CT molecular complexity index is 1510. The fourth-order valence-electron chi connectivity index (χ4n) is 4.77. The van der Waals surface area contributed by atoms with Crippen LogP contribution in [-0.4, -0.2) is 61.3 Å². The van der Waals surface area contributed by atoms with Crippen molar-refractivity contribution in [3.05, 3.63) is 76.6 Å². The summed E-state index contributed by atoms with van der Waals surface area (Å²) in [5, 5.41) is 9.18. The molecule has 1 aromatic heterocycles. The van der Waals surface area contributed by atoms with Crippen LogP contribution in [0.5, 0.6) is 0 Å². The van der Waals surface area contributed by atoms with E-state index in [1.807, 2.05) is 23.1 Å². The molecule has 5 rings (SSSR count). The Hall–Kier alpha value is -3.85. The van der Waals surface area contributed by atoms with Crippen LogP contribution >= 0.6 is 0 Å². The molecule has 0 radical (unpaired) electrons. The molecule has 37 heavy (non-hydrogen) atoms. The van der Waals surface area contributed by atoms with Gasteiger partial charge in [-0.2, -0.15) is 9.57 Å². The first-order valence-electron chi connectivity index (χ1n) is 12.0. The van der Waals surface area contributed by atoms with E-state index in [4.69, 9.17) is 5.73 Å². The van der Waals surface area contributed by atoms with E-state index in [1.54, 1.807) is 48.2 Å². The third-order valence-electron chi connectivity index (χ3n) is 6.72. The SMILES string of the molecule is Cc1cc(C#N)nc(N2CCN(S(=O)(=O)c3ccc4c(c3)CCN4C(=O)c3cccc(CN)c3)CC2)n1. The van der Waals surface area contributed by atoms with Crippen molar-refractivity contribution >= 4 is 27.6 Å². The predicted octanol–water partition coefficient (Wildman–Crippen LogP) is 1.83. The summed E-state index contributed by atoms with van der Waals surface area (Å²) in [4.78, 5) is 25.6. The number of sulfonamides is 1. The van der Waals surface area contributed by atoms with Gasteiger partial charge in [0.15, 0.2) is 0 Å². The first-order chi connectivity index (χ1) is 17.8. The molecule has 1 saturated heterocycles. The molecule has 0 spiro atoms. The van der Waals surface area contributed by atoms with E-state index in [9.17, 15) is 18.5 Å². The van der Waals surface area contributed by atoms with Crippen LogP contribution in [0.1, 0.15) is 32.9 Å². The van der Waals surface area contributed by atoms with Crippen molar-refractivity contribution < 1.29 is 13.2 Å². The Morgan fingerprint density at radius 1 is 1.05 bits per heavy atom. The van der Waals surface area contributed by atoms with E-state index >= 15 is 0 Å². The molecular formula is C26H27N7O3S. The molecule has 3 aromatic rings. The quantitative estimate of drug-likeness (QED) is 0.541. The Labute approximate surface area is 216 Å². The maximum Gasteiger partial charge on any atom is 0.258 e. The van der Waals surface area contributed by atoms with Crippen LogP contribution < -0.4 is 15.5 Å². The summed E-state index contributed by atoms with van der Waals surface area (Å²) in [7, 11) is -3.71. The van der Waals surface area contributed by atoms with Gasteiger partial charge < -0.3 is 15.5 Å². The lowest BCUT2D eigenvalue weighted by Gasteiger charge is -2.34. The normalized spacial score (nSPS) is 15.9. The molecule has 1 fully saturated rings. The molecule has 1 amide bonds. The molecule has 10 nitrogen and oxygen atoms in total. The zero-order valence-corrected chi connectivity index (χ0v) is 21.3. The average Bonchev–Trinajstić information content (AvgIpc) is 3.35. The van der Waals surface area contributed by atoms with Crippen molar-refractivity contribution in [1.29, 1.82) is 5.26 Å². The monoisotopic (exact) mass is 517 g/mol. The van der Waals surface area contributed by atoms with Gasteiger partial charge in [0, 0.05) is 56.2 Å². The van der Waals surface area contributed by atoms with Gasteiger partial charge in [-0.15, -0.1) is 0 Å². The molecule has 0 unspecified atom stereocenters. The molecule has 0 aliphatic carbocycles. The number of hydrogen-bond acceptors (Lipinski definition) is 8. The van der Waals surface area contributed by atoms with E-state index in [-0.39, 0.29) is 29.6 Å². The molecule has 2 aliphatic rings. The predicted molar refractivity (Wildman–Crippen MR) is 139 cm³/mol. The van der Waals surface area contributed by atoms with E-state index < -0.39 is 10.0 Å². The number of amides is 1. The Balaban J connectivity index is 1.31. The Morgan fingerprint density at radius 2 is 1.84 bits per heavy atom. The highest BCUT2D eigenvalue weighted by atomic mass is 32.2. The van der Waals surface area contributed by atoms with Crippen LogP contribution in [0.2, 0.25) is 0 Å². The van der Waals surface area contributed by atoms with Crippen molar-refractivity contribution in [3.8, 4) is 6.07 Å².